The molecule has 41 heavy (non-hydrogen) atoms. The third kappa shape index (κ3) is 6.97. The highest BCUT2D eigenvalue weighted by atomic mass is 16.5. The first-order chi connectivity index (χ1) is 19.9. The van der Waals surface area contributed by atoms with Crippen LogP contribution < -0.4 is 14.2 Å². The Morgan fingerprint density at radius 1 is 0.976 bits per heavy atom. The number of methoxy groups -OCH3 is 1. The van der Waals surface area contributed by atoms with Gasteiger partial charge in [0.1, 0.15) is 24.7 Å². The average Bonchev–Trinajstić information content (AvgIpc) is 2.97. The predicted octanol–water partition coefficient (Wildman–Crippen LogP) is 3.62. The lowest BCUT2D eigenvalue weighted by Gasteiger charge is -2.39. The van der Waals surface area contributed by atoms with Gasteiger partial charge in [-0.3, -0.25) is 19.5 Å². The quantitative estimate of drug-likeness (QED) is 0.355. The number of likely N-dealkylation sites (N-methyl/N-ethyl adjacent to an activating group) is 1. The summed E-state index contributed by atoms with van der Waals surface area (Å²) in [4.78, 5) is 34.9. The first kappa shape index (κ1) is 28.4. The van der Waals surface area contributed by atoms with Gasteiger partial charge in [0.25, 0.3) is 5.91 Å². The van der Waals surface area contributed by atoms with E-state index in [0.717, 1.165) is 30.6 Å². The molecule has 2 fully saturated rings. The summed E-state index contributed by atoms with van der Waals surface area (Å²) in [5.41, 5.74) is 3.88. The molecule has 2 aliphatic heterocycles. The molecule has 2 saturated heterocycles. The van der Waals surface area contributed by atoms with Crippen molar-refractivity contribution in [3.05, 3.63) is 83.2 Å². The number of carbonyl (C=O) groups excluding carboxylic acids is 2. The minimum atomic E-state index is -0.114. The molecule has 216 valence electrons. The van der Waals surface area contributed by atoms with Crippen molar-refractivity contribution in [2.45, 2.75) is 25.9 Å². The van der Waals surface area contributed by atoms with Crippen molar-refractivity contribution in [2.75, 3.05) is 60.0 Å². The van der Waals surface area contributed by atoms with Gasteiger partial charge < -0.3 is 24.0 Å². The molecular weight excluding hydrogens is 520 g/mol. The molecule has 0 bridgehead atoms. The van der Waals surface area contributed by atoms with Crippen molar-refractivity contribution >= 4 is 11.8 Å². The molecule has 9 heteroatoms. The lowest BCUT2D eigenvalue weighted by Crippen LogP contribution is -2.49. The fraction of sp³-hybridized carbons (Fsp3) is 0.406. The zero-order valence-corrected chi connectivity index (χ0v) is 24.0. The maximum atomic E-state index is 13.1. The van der Waals surface area contributed by atoms with Gasteiger partial charge in [0.15, 0.2) is 11.5 Å². The average molecular weight is 559 g/mol. The van der Waals surface area contributed by atoms with Crippen molar-refractivity contribution in [1.82, 2.24) is 19.7 Å². The number of piperazine rings is 1. The van der Waals surface area contributed by atoms with E-state index in [9.17, 15) is 9.59 Å². The Morgan fingerprint density at radius 3 is 2.49 bits per heavy atom. The summed E-state index contributed by atoms with van der Waals surface area (Å²) in [5, 5.41) is 0. The van der Waals surface area contributed by atoms with Crippen molar-refractivity contribution in [3.63, 3.8) is 0 Å². The number of carbonyl (C=O) groups is 2. The van der Waals surface area contributed by atoms with Gasteiger partial charge in [-0.25, -0.2) is 0 Å². The molecule has 0 atom stereocenters. The van der Waals surface area contributed by atoms with E-state index < -0.39 is 0 Å². The third-order valence-electron chi connectivity index (χ3n) is 7.82. The van der Waals surface area contributed by atoms with Crippen LogP contribution in [0.25, 0.3) is 0 Å². The highest BCUT2D eigenvalue weighted by molar-refractivity contribution is 5.93. The van der Waals surface area contributed by atoms with Crippen molar-refractivity contribution < 1.29 is 23.8 Å². The van der Waals surface area contributed by atoms with Crippen LogP contribution in [0.3, 0.4) is 0 Å². The van der Waals surface area contributed by atoms with Crippen LogP contribution in [0.4, 0.5) is 0 Å². The number of hydrogen-bond donors (Lipinski definition) is 0. The number of benzene rings is 2. The Bertz CT molecular complexity index is 1360. The number of pyridine rings is 1. The molecule has 2 aliphatic rings. The maximum Gasteiger partial charge on any atom is 0.272 e. The van der Waals surface area contributed by atoms with E-state index in [0.29, 0.717) is 62.3 Å². The number of nitrogens with zero attached hydrogens (tertiary/aromatic N) is 4. The first-order valence-corrected chi connectivity index (χ1v) is 14.2. The third-order valence-corrected chi connectivity index (χ3v) is 7.82. The van der Waals surface area contributed by atoms with Crippen LogP contribution in [0, 0.1) is 0 Å². The normalized spacial score (nSPS) is 15.9. The van der Waals surface area contributed by atoms with Crippen molar-refractivity contribution in [1.29, 1.82) is 0 Å². The Morgan fingerprint density at radius 2 is 1.76 bits per heavy atom. The molecule has 0 aliphatic carbocycles. The number of aromatic nitrogens is 1. The standard InChI is InChI=1S/C32H38N4O5/c1-4-23-5-7-24(8-6-23)22-41-29-10-9-25(17-30(29)39-3)26-19-36(20-26)32(38)28-18-27(11-12-33-28)40-16-15-35-14-13-34(2)31(37)21-35/h5-12,17-18,26H,4,13-16,19-22H2,1-3H3. The first-order valence-electron chi connectivity index (χ1n) is 14.2. The molecule has 9 nitrogen and oxygen atoms in total. The largest absolute Gasteiger partial charge is 0.493 e. The molecule has 0 N–H and O–H groups in total. The van der Waals surface area contributed by atoms with E-state index in [4.69, 9.17) is 14.2 Å². The Kier molecular flexibility index (Phi) is 9.04. The minimum Gasteiger partial charge on any atom is -0.493 e. The lowest BCUT2D eigenvalue weighted by molar-refractivity contribution is -0.134. The second-order valence-corrected chi connectivity index (χ2v) is 10.6. The highest BCUT2D eigenvalue weighted by Crippen LogP contribution is 2.35. The molecule has 3 heterocycles. The van der Waals surface area contributed by atoms with Crippen LogP contribution >= 0.6 is 0 Å². The van der Waals surface area contributed by atoms with Gasteiger partial charge in [-0.05, 0) is 41.3 Å². The van der Waals surface area contributed by atoms with Crippen molar-refractivity contribution in [2.24, 2.45) is 0 Å². The van der Waals surface area contributed by atoms with E-state index in [2.05, 4.69) is 41.1 Å². The predicted molar refractivity (Wildman–Crippen MR) is 156 cm³/mol. The summed E-state index contributed by atoms with van der Waals surface area (Å²) in [6.07, 6.45) is 2.61. The van der Waals surface area contributed by atoms with Crippen LogP contribution in [-0.2, 0) is 17.8 Å². The van der Waals surface area contributed by atoms with Crippen LogP contribution in [0.5, 0.6) is 17.2 Å². The molecule has 0 unspecified atom stereocenters. The van der Waals surface area contributed by atoms with Gasteiger partial charge in [0, 0.05) is 58.0 Å². The molecule has 5 rings (SSSR count). The van der Waals surface area contributed by atoms with Crippen LogP contribution in [-0.4, -0.2) is 91.5 Å². The number of ether oxygens (including phenoxy) is 3. The van der Waals surface area contributed by atoms with Crippen LogP contribution in [0.1, 0.15) is 40.0 Å². The second-order valence-electron chi connectivity index (χ2n) is 10.6. The van der Waals surface area contributed by atoms with Gasteiger partial charge >= 0.3 is 0 Å². The molecular formula is C32H38N4O5. The summed E-state index contributed by atoms with van der Waals surface area (Å²) in [6.45, 7) is 6.88. The van der Waals surface area contributed by atoms with E-state index in [1.807, 2.05) is 25.2 Å². The number of likely N-dealkylation sites (tertiary alicyclic amines) is 1. The van der Waals surface area contributed by atoms with Gasteiger partial charge in [0.2, 0.25) is 5.91 Å². The SMILES string of the molecule is CCc1ccc(COc2ccc(C3CN(C(=O)c4cc(OCCN5CCN(C)C(=O)C5)ccn4)C3)cc2OC)cc1. The monoisotopic (exact) mass is 558 g/mol. The zero-order valence-electron chi connectivity index (χ0n) is 24.0. The topological polar surface area (TPSA) is 84.4 Å². The summed E-state index contributed by atoms with van der Waals surface area (Å²) < 4.78 is 17.5. The second kappa shape index (κ2) is 13.0. The molecule has 3 aromatic rings. The summed E-state index contributed by atoms with van der Waals surface area (Å²) in [5.74, 6) is 2.21. The molecule has 1 aromatic heterocycles. The lowest BCUT2D eigenvalue weighted by atomic mass is 9.91. The zero-order chi connectivity index (χ0) is 28.8. The van der Waals surface area contributed by atoms with E-state index in [1.165, 1.54) is 5.56 Å². The Hall–Kier alpha value is -4.11. The van der Waals surface area contributed by atoms with Gasteiger partial charge in [0.05, 0.1) is 13.7 Å². The molecule has 2 amide bonds. The number of amides is 2. The summed E-state index contributed by atoms with van der Waals surface area (Å²) in [7, 11) is 3.47. The van der Waals surface area contributed by atoms with Crippen molar-refractivity contribution in [3.8, 4) is 17.2 Å². The molecule has 2 aromatic carbocycles. The maximum absolute atomic E-state index is 13.1. The molecule has 0 radical (unpaired) electrons. The van der Waals surface area contributed by atoms with E-state index in [1.54, 1.807) is 35.2 Å². The fourth-order valence-corrected chi connectivity index (χ4v) is 5.02. The highest BCUT2D eigenvalue weighted by Gasteiger charge is 2.33. The van der Waals surface area contributed by atoms with Gasteiger partial charge in [-0.15, -0.1) is 0 Å². The molecule has 0 saturated carbocycles. The minimum absolute atomic E-state index is 0.114. The number of aryl methyl sites for hydroxylation is 1. The van der Waals surface area contributed by atoms with Gasteiger partial charge in [-0.2, -0.15) is 0 Å². The summed E-state index contributed by atoms with van der Waals surface area (Å²) >= 11 is 0. The Balaban J connectivity index is 1.11. The van der Waals surface area contributed by atoms with Crippen LogP contribution in [0.2, 0.25) is 0 Å². The Labute approximate surface area is 241 Å². The fourth-order valence-electron chi connectivity index (χ4n) is 5.02. The smallest absolute Gasteiger partial charge is 0.272 e. The number of rotatable bonds is 11. The van der Waals surface area contributed by atoms with Gasteiger partial charge in [-0.1, -0.05) is 37.3 Å². The summed E-state index contributed by atoms with van der Waals surface area (Å²) in [6, 6.07) is 17.9. The van der Waals surface area contributed by atoms with E-state index >= 15 is 0 Å². The van der Waals surface area contributed by atoms with E-state index in [-0.39, 0.29) is 17.7 Å². The molecule has 0 spiro atoms. The van der Waals surface area contributed by atoms with Crippen LogP contribution in [0.15, 0.2) is 60.8 Å². The number of hydrogen-bond acceptors (Lipinski definition) is 7.